The quantitative estimate of drug-likeness (QED) is 0.586. The van der Waals surface area contributed by atoms with Gasteiger partial charge in [-0.15, -0.1) is 0 Å². The number of alkyl halides is 5. The molecule has 0 fully saturated rings. The van der Waals surface area contributed by atoms with Crippen LogP contribution in [0.15, 0.2) is 30.3 Å². The van der Waals surface area contributed by atoms with E-state index in [2.05, 4.69) is 0 Å². The first-order valence-electron chi connectivity index (χ1n) is 8.12. The van der Waals surface area contributed by atoms with Crippen molar-refractivity contribution in [3.63, 3.8) is 0 Å². The first-order chi connectivity index (χ1) is 12.7. The first kappa shape index (κ1) is 17.7. The molecule has 0 N–H and O–H groups in total. The van der Waals surface area contributed by atoms with E-state index >= 15 is 0 Å². The van der Waals surface area contributed by atoms with E-state index in [0.717, 1.165) is 24.3 Å². The Hall–Kier alpha value is -2.69. The summed E-state index contributed by atoms with van der Waals surface area (Å²) in [6.07, 6.45) is -2.53. The lowest BCUT2D eigenvalue weighted by Crippen LogP contribution is -2.37. The Morgan fingerprint density at radius 3 is 2.48 bits per heavy atom. The molecule has 0 aliphatic heterocycles. The molecule has 2 aliphatic rings. The molecule has 1 unspecified atom stereocenters. The normalized spacial score (nSPS) is 24.2. The number of ether oxygens (including phenoxy) is 1. The molecule has 0 spiro atoms. The Morgan fingerprint density at radius 1 is 1.04 bits per heavy atom. The predicted molar refractivity (Wildman–Crippen MR) is 82.3 cm³/mol. The minimum Gasteiger partial charge on any atom is -0.457 e. The standard InChI is InChI=1S/C19H11F6NO/c20-10-5-9(8-26)6-11(7-10)27-15-4-2-13-16-12(1-3-14(21)17(15)16)18(22,23)19(13,24)25/h2,4-7,12,14H,1,3H2/t12?,14-/m1/s1. The molecular formula is C19H11F6NO. The summed E-state index contributed by atoms with van der Waals surface area (Å²) in [6.45, 7) is 0. The Morgan fingerprint density at radius 2 is 1.78 bits per heavy atom. The third-order valence-corrected chi connectivity index (χ3v) is 5.04. The van der Waals surface area contributed by atoms with E-state index in [-0.39, 0.29) is 29.0 Å². The Balaban J connectivity index is 1.86. The van der Waals surface area contributed by atoms with Crippen molar-refractivity contribution in [2.45, 2.75) is 36.8 Å². The molecule has 0 saturated heterocycles. The van der Waals surface area contributed by atoms with Crippen molar-refractivity contribution in [1.29, 1.82) is 5.26 Å². The zero-order valence-electron chi connectivity index (χ0n) is 13.6. The molecule has 2 atom stereocenters. The summed E-state index contributed by atoms with van der Waals surface area (Å²) in [5, 5.41) is 8.88. The lowest BCUT2D eigenvalue weighted by Gasteiger charge is -2.29. The van der Waals surface area contributed by atoms with Gasteiger partial charge in [0.05, 0.1) is 17.6 Å². The van der Waals surface area contributed by atoms with Crippen molar-refractivity contribution in [1.82, 2.24) is 0 Å². The number of hydrogen-bond donors (Lipinski definition) is 0. The molecule has 0 heterocycles. The van der Waals surface area contributed by atoms with Crippen LogP contribution in [0.5, 0.6) is 11.5 Å². The van der Waals surface area contributed by atoms with E-state index in [4.69, 9.17) is 10.00 Å². The summed E-state index contributed by atoms with van der Waals surface area (Å²) in [6, 6.07) is 6.56. The highest BCUT2D eigenvalue weighted by Gasteiger charge is 2.69. The summed E-state index contributed by atoms with van der Waals surface area (Å²) < 4.78 is 90.4. The van der Waals surface area contributed by atoms with E-state index in [1.165, 1.54) is 6.07 Å². The maximum atomic E-state index is 14.6. The smallest absolute Gasteiger partial charge is 0.336 e. The van der Waals surface area contributed by atoms with Gasteiger partial charge in [-0.2, -0.15) is 22.8 Å². The molecule has 0 bridgehead atoms. The number of benzene rings is 2. The number of hydrogen-bond acceptors (Lipinski definition) is 2. The summed E-state index contributed by atoms with van der Waals surface area (Å²) in [4.78, 5) is 0. The highest BCUT2D eigenvalue weighted by Crippen LogP contribution is 2.64. The molecule has 140 valence electrons. The molecule has 2 nitrogen and oxygen atoms in total. The second-order valence-electron chi connectivity index (χ2n) is 6.62. The highest BCUT2D eigenvalue weighted by molar-refractivity contribution is 5.57. The third kappa shape index (κ3) is 2.41. The zero-order chi connectivity index (χ0) is 19.6. The average molecular weight is 383 g/mol. The van der Waals surface area contributed by atoms with Gasteiger partial charge in [0.15, 0.2) is 0 Å². The summed E-state index contributed by atoms with van der Waals surface area (Å²) >= 11 is 0. The van der Waals surface area contributed by atoms with Crippen molar-refractivity contribution < 1.29 is 31.1 Å². The van der Waals surface area contributed by atoms with Crippen LogP contribution in [0.4, 0.5) is 26.3 Å². The predicted octanol–water partition coefficient (Wildman–Crippen LogP) is 6.12. The Labute approximate surface area is 150 Å². The molecule has 0 amide bonds. The monoisotopic (exact) mass is 383 g/mol. The Bertz CT molecular complexity index is 981. The minimum atomic E-state index is -4.41. The third-order valence-electron chi connectivity index (χ3n) is 5.04. The lowest BCUT2D eigenvalue weighted by atomic mass is 9.81. The number of halogens is 6. The van der Waals surface area contributed by atoms with Crippen LogP contribution in [0.2, 0.25) is 0 Å². The molecule has 27 heavy (non-hydrogen) atoms. The van der Waals surface area contributed by atoms with Gasteiger partial charge >= 0.3 is 11.8 Å². The van der Waals surface area contributed by atoms with E-state index in [1.807, 2.05) is 0 Å². The molecular weight excluding hydrogens is 372 g/mol. The summed E-state index contributed by atoms with van der Waals surface area (Å²) in [7, 11) is 0. The number of rotatable bonds is 2. The SMILES string of the molecule is N#Cc1cc(F)cc(Oc2ccc3c4c2[C@H](F)CCC4C(F)(F)C3(F)F)c1. The van der Waals surface area contributed by atoms with Gasteiger partial charge < -0.3 is 4.74 Å². The van der Waals surface area contributed by atoms with Crippen LogP contribution in [0.25, 0.3) is 0 Å². The average Bonchev–Trinajstić information content (AvgIpc) is 2.75. The fourth-order valence-electron chi connectivity index (χ4n) is 3.85. The van der Waals surface area contributed by atoms with E-state index in [1.54, 1.807) is 6.07 Å². The molecule has 2 aromatic carbocycles. The van der Waals surface area contributed by atoms with Crippen LogP contribution in [-0.4, -0.2) is 5.92 Å². The largest absolute Gasteiger partial charge is 0.457 e. The van der Waals surface area contributed by atoms with Gasteiger partial charge in [0.1, 0.15) is 23.5 Å². The molecule has 0 saturated carbocycles. The van der Waals surface area contributed by atoms with Crippen LogP contribution in [0.1, 0.15) is 47.2 Å². The van der Waals surface area contributed by atoms with Gasteiger partial charge in [-0.3, -0.25) is 0 Å². The van der Waals surface area contributed by atoms with Crippen molar-refractivity contribution >= 4 is 0 Å². The van der Waals surface area contributed by atoms with Crippen LogP contribution < -0.4 is 4.74 Å². The number of nitrogens with zero attached hydrogens (tertiary/aromatic N) is 1. The van der Waals surface area contributed by atoms with E-state index in [9.17, 15) is 26.3 Å². The Kier molecular flexibility index (Phi) is 3.71. The highest BCUT2D eigenvalue weighted by atomic mass is 19.3. The van der Waals surface area contributed by atoms with Crippen LogP contribution >= 0.6 is 0 Å². The molecule has 4 rings (SSSR count). The topological polar surface area (TPSA) is 33.0 Å². The van der Waals surface area contributed by atoms with E-state index < -0.39 is 47.3 Å². The fourth-order valence-corrected chi connectivity index (χ4v) is 3.85. The summed E-state index contributed by atoms with van der Waals surface area (Å²) in [5.74, 6) is -11.7. The van der Waals surface area contributed by atoms with Crippen LogP contribution in [0, 0.1) is 17.1 Å². The summed E-state index contributed by atoms with van der Waals surface area (Å²) in [5.41, 5.74) is -1.76. The lowest BCUT2D eigenvalue weighted by molar-refractivity contribution is -0.216. The van der Waals surface area contributed by atoms with Gasteiger partial charge in [-0.1, -0.05) is 0 Å². The van der Waals surface area contributed by atoms with Gasteiger partial charge in [0.25, 0.3) is 0 Å². The van der Waals surface area contributed by atoms with Crippen molar-refractivity contribution in [2.24, 2.45) is 0 Å². The van der Waals surface area contributed by atoms with Crippen molar-refractivity contribution in [3.05, 3.63) is 58.4 Å². The van der Waals surface area contributed by atoms with Crippen LogP contribution in [0.3, 0.4) is 0 Å². The minimum absolute atomic E-state index is 0.0625. The van der Waals surface area contributed by atoms with E-state index in [0.29, 0.717) is 0 Å². The molecule has 0 radical (unpaired) electrons. The molecule has 8 heteroatoms. The van der Waals surface area contributed by atoms with Gasteiger partial charge in [0.2, 0.25) is 0 Å². The second-order valence-corrected chi connectivity index (χ2v) is 6.62. The fraction of sp³-hybridized carbons (Fsp3) is 0.316. The van der Waals surface area contributed by atoms with Crippen molar-refractivity contribution in [2.75, 3.05) is 0 Å². The number of nitriles is 1. The second kappa shape index (κ2) is 5.65. The van der Waals surface area contributed by atoms with Crippen molar-refractivity contribution in [3.8, 4) is 17.6 Å². The van der Waals surface area contributed by atoms with Gasteiger partial charge in [-0.05, 0) is 42.7 Å². The molecule has 2 aliphatic carbocycles. The first-order valence-corrected chi connectivity index (χ1v) is 8.12. The molecule has 2 aromatic rings. The van der Waals surface area contributed by atoms with Gasteiger partial charge in [-0.25, -0.2) is 8.78 Å². The van der Waals surface area contributed by atoms with Gasteiger partial charge in [0, 0.05) is 17.2 Å². The molecule has 0 aromatic heterocycles. The zero-order valence-corrected chi connectivity index (χ0v) is 13.6. The maximum Gasteiger partial charge on any atom is 0.336 e. The van der Waals surface area contributed by atoms with Crippen LogP contribution in [-0.2, 0) is 5.92 Å². The maximum absolute atomic E-state index is 14.6.